The zero-order valence-corrected chi connectivity index (χ0v) is 20.4. The van der Waals surface area contributed by atoms with Crippen molar-refractivity contribution in [1.82, 2.24) is 15.1 Å². The van der Waals surface area contributed by atoms with Gasteiger partial charge in [0, 0.05) is 45.2 Å². The average molecular weight is 486 g/mol. The summed E-state index contributed by atoms with van der Waals surface area (Å²) in [6.07, 6.45) is 2.89. The highest BCUT2D eigenvalue weighted by Crippen LogP contribution is 2.31. The van der Waals surface area contributed by atoms with Gasteiger partial charge in [-0.2, -0.15) is 5.10 Å². The monoisotopic (exact) mass is 485 g/mol. The molecule has 2 fully saturated rings. The van der Waals surface area contributed by atoms with E-state index in [2.05, 4.69) is 27.6 Å². The molecule has 8 nitrogen and oxygen atoms in total. The summed E-state index contributed by atoms with van der Waals surface area (Å²) in [6.45, 7) is 2.71. The largest absolute Gasteiger partial charge is 0.367 e. The first-order valence-corrected chi connectivity index (χ1v) is 12.4. The van der Waals surface area contributed by atoms with Crippen LogP contribution in [0.2, 0.25) is 0 Å². The number of rotatable bonds is 7. The van der Waals surface area contributed by atoms with E-state index in [0.717, 1.165) is 29.9 Å². The molecular formula is C28H31N5O3. The summed E-state index contributed by atoms with van der Waals surface area (Å²) in [6, 6.07) is 21.5. The number of carbonyl (C=O) groups excluding carboxylic acids is 2. The number of carbonyl (C=O) groups is 2. The Morgan fingerprint density at radius 3 is 2.33 bits per heavy atom. The van der Waals surface area contributed by atoms with Gasteiger partial charge in [0.2, 0.25) is 5.91 Å². The summed E-state index contributed by atoms with van der Waals surface area (Å²) >= 11 is 0. The zero-order chi connectivity index (χ0) is 24.9. The molecule has 0 aliphatic carbocycles. The molecular weight excluding hydrogens is 454 g/mol. The fourth-order valence-corrected chi connectivity index (χ4v) is 4.98. The third-order valence-corrected chi connectivity index (χ3v) is 7.15. The van der Waals surface area contributed by atoms with Gasteiger partial charge in [-0.25, -0.2) is 0 Å². The highest BCUT2D eigenvalue weighted by atomic mass is 16.5. The minimum absolute atomic E-state index is 0.0223. The topological polar surface area (TPSA) is 87.7 Å². The van der Waals surface area contributed by atoms with Crippen molar-refractivity contribution in [3.05, 3.63) is 84.1 Å². The van der Waals surface area contributed by atoms with Gasteiger partial charge in [-0.3, -0.25) is 9.59 Å². The molecule has 1 N–H and O–H groups in total. The van der Waals surface area contributed by atoms with Crippen molar-refractivity contribution in [3.63, 3.8) is 0 Å². The number of nitrogens with zero attached hydrogens (tertiary/aromatic N) is 4. The first kappa shape index (κ1) is 23.9. The van der Waals surface area contributed by atoms with Gasteiger partial charge in [-0.05, 0) is 54.2 Å². The highest BCUT2D eigenvalue weighted by molar-refractivity contribution is 5.94. The Balaban J connectivity index is 1.10. The fraction of sp³-hybridized carbons (Fsp3) is 0.357. The number of nitrogens with one attached hydrogen (secondary N) is 1. The van der Waals surface area contributed by atoms with Crippen LogP contribution >= 0.6 is 0 Å². The van der Waals surface area contributed by atoms with Gasteiger partial charge in [0.05, 0.1) is 5.92 Å². The molecule has 1 atom stereocenters. The number of methoxy groups -OCH3 is 1. The Kier molecular flexibility index (Phi) is 7.23. The van der Waals surface area contributed by atoms with Gasteiger partial charge in [-0.1, -0.05) is 42.5 Å². The Bertz CT molecular complexity index is 1160. The quantitative estimate of drug-likeness (QED) is 0.550. The Labute approximate surface area is 211 Å². The van der Waals surface area contributed by atoms with Gasteiger partial charge in [0.25, 0.3) is 5.91 Å². The molecule has 2 saturated heterocycles. The van der Waals surface area contributed by atoms with Crippen LogP contribution in [0.5, 0.6) is 0 Å². The summed E-state index contributed by atoms with van der Waals surface area (Å²) < 4.78 is 5.53. The van der Waals surface area contributed by atoms with E-state index in [1.165, 1.54) is 5.56 Å². The van der Waals surface area contributed by atoms with Crippen LogP contribution in [0.3, 0.4) is 0 Å². The van der Waals surface area contributed by atoms with E-state index in [4.69, 9.17) is 4.74 Å². The van der Waals surface area contributed by atoms with Crippen molar-refractivity contribution >= 4 is 23.3 Å². The summed E-state index contributed by atoms with van der Waals surface area (Å²) in [5.41, 5.74) is 2.93. The number of amides is 2. The molecule has 2 aliphatic heterocycles. The van der Waals surface area contributed by atoms with E-state index in [1.807, 2.05) is 64.4 Å². The van der Waals surface area contributed by atoms with E-state index >= 15 is 0 Å². The molecule has 3 aromatic rings. The maximum Gasteiger partial charge on any atom is 0.256 e. The molecule has 0 bridgehead atoms. The van der Waals surface area contributed by atoms with Crippen molar-refractivity contribution in [2.45, 2.75) is 24.9 Å². The number of aromatic nitrogens is 2. The summed E-state index contributed by atoms with van der Waals surface area (Å²) in [5, 5.41) is 11.0. The van der Waals surface area contributed by atoms with E-state index in [0.29, 0.717) is 32.1 Å². The lowest BCUT2D eigenvalue weighted by atomic mass is 9.89. The molecule has 186 valence electrons. The molecule has 1 aromatic heterocycles. The maximum atomic E-state index is 13.1. The second kappa shape index (κ2) is 10.9. The molecule has 0 spiro atoms. The molecule has 36 heavy (non-hydrogen) atoms. The predicted molar refractivity (Wildman–Crippen MR) is 138 cm³/mol. The first-order valence-electron chi connectivity index (χ1n) is 12.4. The summed E-state index contributed by atoms with van der Waals surface area (Å²) in [4.78, 5) is 29.6. The minimum Gasteiger partial charge on any atom is -0.367 e. The number of benzene rings is 2. The van der Waals surface area contributed by atoms with Crippen molar-refractivity contribution < 1.29 is 14.3 Å². The fourth-order valence-electron chi connectivity index (χ4n) is 4.98. The number of likely N-dealkylation sites (tertiary alicyclic amines) is 1. The molecule has 2 aromatic carbocycles. The van der Waals surface area contributed by atoms with Gasteiger partial charge >= 0.3 is 0 Å². The number of hydrogen-bond acceptors (Lipinski definition) is 6. The number of anilines is 2. The SMILES string of the molecule is CO[C@@H](C(=O)N1CCC(c2ccc(NC(=O)C3CN(c4cccnn4)C3)cc2)CC1)c1ccccc1. The normalized spacial score (nSPS) is 17.4. The van der Waals surface area contributed by atoms with Crippen LogP contribution in [0.15, 0.2) is 72.9 Å². The first-order chi connectivity index (χ1) is 17.6. The van der Waals surface area contributed by atoms with Crippen molar-refractivity contribution in [3.8, 4) is 0 Å². The lowest BCUT2D eigenvalue weighted by Gasteiger charge is -2.38. The second-order valence-electron chi connectivity index (χ2n) is 9.42. The van der Waals surface area contributed by atoms with Gasteiger partial charge in [0.1, 0.15) is 0 Å². The molecule has 0 radical (unpaired) electrons. The maximum absolute atomic E-state index is 13.1. The number of ether oxygens (including phenoxy) is 1. The highest BCUT2D eigenvalue weighted by Gasteiger charge is 2.34. The minimum atomic E-state index is -0.561. The Morgan fingerprint density at radius 2 is 1.69 bits per heavy atom. The van der Waals surface area contributed by atoms with E-state index in [1.54, 1.807) is 13.3 Å². The third kappa shape index (κ3) is 5.23. The smallest absolute Gasteiger partial charge is 0.256 e. The average Bonchev–Trinajstić information content (AvgIpc) is 2.90. The molecule has 8 heteroatoms. The van der Waals surface area contributed by atoms with Gasteiger partial charge in [-0.15, -0.1) is 5.10 Å². The standard InChI is InChI=1S/C28H31N5O3/c1-36-26(22-6-3-2-4-7-22)28(35)32-16-13-21(14-17-32)20-9-11-24(12-10-20)30-27(34)23-18-33(19-23)25-8-5-15-29-31-25/h2-12,15,21,23,26H,13-14,16-19H2,1H3,(H,30,34)/t26-/m1/s1. The van der Waals surface area contributed by atoms with Crippen LogP contribution in [0, 0.1) is 5.92 Å². The molecule has 3 heterocycles. The van der Waals surface area contributed by atoms with E-state index < -0.39 is 6.10 Å². The number of hydrogen-bond donors (Lipinski definition) is 1. The van der Waals surface area contributed by atoms with E-state index in [-0.39, 0.29) is 17.7 Å². The number of piperidine rings is 1. The van der Waals surface area contributed by atoms with Crippen LogP contribution in [-0.2, 0) is 14.3 Å². The van der Waals surface area contributed by atoms with Crippen LogP contribution < -0.4 is 10.2 Å². The molecule has 5 rings (SSSR count). The van der Waals surface area contributed by atoms with Gasteiger partial charge in [0.15, 0.2) is 11.9 Å². The van der Waals surface area contributed by atoms with E-state index in [9.17, 15) is 9.59 Å². The molecule has 2 amide bonds. The Hall–Kier alpha value is -3.78. The second-order valence-corrected chi connectivity index (χ2v) is 9.42. The third-order valence-electron chi connectivity index (χ3n) is 7.15. The van der Waals surface area contributed by atoms with Crippen LogP contribution in [0.25, 0.3) is 0 Å². The van der Waals surface area contributed by atoms with Gasteiger partial charge < -0.3 is 19.9 Å². The summed E-state index contributed by atoms with van der Waals surface area (Å²) in [5.74, 6) is 1.19. The molecule has 0 saturated carbocycles. The van der Waals surface area contributed by atoms with Crippen LogP contribution in [0.4, 0.5) is 11.5 Å². The van der Waals surface area contributed by atoms with Crippen LogP contribution in [0.1, 0.15) is 36.0 Å². The molecule has 2 aliphatic rings. The lowest BCUT2D eigenvalue weighted by Crippen LogP contribution is -2.52. The van der Waals surface area contributed by atoms with Crippen molar-refractivity contribution in [1.29, 1.82) is 0 Å². The zero-order valence-electron chi connectivity index (χ0n) is 20.4. The Morgan fingerprint density at radius 1 is 0.972 bits per heavy atom. The van der Waals surface area contributed by atoms with Crippen molar-refractivity contribution in [2.24, 2.45) is 5.92 Å². The van der Waals surface area contributed by atoms with Crippen molar-refractivity contribution in [2.75, 3.05) is 43.5 Å². The molecule has 0 unspecified atom stereocenters. The summed E-state index contributed by atoms with van der Waals surface area (Å²) in [7, 11) is 1.58. The predicted octanol–water partition coefficient (Wildman–Crippen LogP) is 3.65. The van der Waals surface area contributed by atoms with Crippen LogP contribution in [-0.4, -0.2) is 60.2 Å². The lowest BCUT2D eigenvalue weighted by molar-refractivity contribution is -0.143.